The van der Waals surface area contributed by atoms with Crippen LogP contribution in [0.25, 0.3) is 0 Å². The molecule has 0 saturated carbocycles. The van der Waals surface area contributed by atoms with Crippen molar-refractivity contribution in [2.45, 2.75) is 65.4 Å². The highest BCUT2D eigenvalue weighted by molar-refractivity contribution is 5.96. The topological polar surface area (TPSA) is 99.2 Å². The molecule has 2 N–H and O–H groups in total. The third-order valence-electron chi connectivity index (χ3n) is 7.43. The van der Waals surface area contributed by atoms with Crippen molar-refractivity contribution in [3.05, 3.63) is 59.7 Å². The molecule has 0 spiro atoms. The van der Waals surface area contributed by atoms with Crippen LogP contribution < -0.4 is 15.0 Å². The number of urea groups is 1. The maximum atomic E-state index is 13.7. The van der Waals surface area contributed by atoms with Crippen molar-refractivity contribution in [2.24, 2.45) is 11.8 Å². The van der Waals surface area contributed by atoms with E-state index in [0.717, 1.165) is 12.0 Å². The van der Waals surface area contributed by atoms with Crippen molar-refractivity contribution in [1.82, 2.24) is 10.2 Å². The van der Waals surface area contributed by atoms with Crippen molar-refractivity contribution >= 4 is 23.6 Å². The van der Waals surface area contributed by atoms with E-state index in [9.17, 15) is 27.6 Å². The van der Waals surface area contributed by atoms with E-state index in [4.69, 9.17) is 5.11 Å². The van der Waals surface area contributed by atoms with Gasteiger partial charge < -0.3 is 20.1 Å². The van der Waals surface area contributed by atoms with Crippen molar-refractivity contribution < 1.29 is 37.4 Å². The number of carbonyl (C=O) groups is 3. The summed E-state index contributed by atoms with van der Waals surface area (Å²) in [6.45, 7) is 8.96. The second-order valence-corrected chi connectivity index (χ2v) is 10.9. The second-order valence-electron chi connectivity index (χ2n) is 10.9. The summed E-state index contributed by atoms with van der Waals surface area (Å²) in [6.07, 6.45) is -3.48. The molecule has 2 aromatic rings. The molecular weight excluding hydrogens is 527 g/mol. The Morgan fingerprint density at radius 1 is 1.12 bits per heavy atom. The van der Waals surface area contributed by atoms with Crippen LogP contribution in [-0.2, 0) is 11.3 Å². The average Bonchev–Trinajstić information content (AvgIpc) is 3.12. The highest BCUT2D eigenvalue weighted by Crippen LogP contribution is 2.38. The lowest BCUT2D eigenvalue weighted by Gasteiger charge is -2.35. The standard InChI is InChI=1S/C29H36F3N3O5/c1-19(2)20(3)12-14-28(4)18-34(23-6-5-7-24(16-23)40-29(30,31)32)27(39)35(28)17-21-8-10-22(11-9-21)26(38)33-15-13-25(36)37/h5-11,16,19-20H,12-15,17-18H2,1-4H3,(H,33,38)(H,36,37). The molecule has 8 nitrogen and oxygen atoms in total. The van der Waals surface area contributed by atoms with Gasteiger partial charge in [-0.25, -0.2) is 4.79 Å². The zero-order valence-corrected chi connectivity index (χ0v) is 23.1. The minimum Gasteiger partial charge on any atom is -0.481 e. The van der Waals surface area contributed by atoms with Gasteiger partial charge in [-0.05, 0) is 61.4 Å². The molecule has 0 radical (unpaired) electrons. The van der Waals surface area contributed by atoms with Crippen LogP contribution in [0.15, 0.2) is 48.5 Å². The van der Waals surface area contributed by atoms with Gasteiger partial charge in [0.2, 0.25) is 0 Å². The predicted octanol–water partition coefficient (Wildman–Crippen LogP) is 6.06. The lowest BCUT2D eigenvalue weighted by atomic mass is 9.86. The third kappa shape index (κ3) is 8.12. The molecule has 3 amide bonds. The van der Waals surface area contributed by atoms with Crippen LogP contribution >= 0.6 is 0 Å². The lowest BCUT2D eigenvalue weighted by molar-refractivity contribution is -0.274. The number of carboxylic acids is 1. The number of halogens is 3. The number of carbonyl (C=O) groups excluding carboxylic acids is 2. The summed E-state index contributed by atoms with van der Waals surface area (Å²) in [7, 11) is 0. The highest BCUT2D eigenvalue weighted by atomic mass is 19.4. The van der Waals surface area contributed by atoms with Gasteiger partial charge in [0.1, 0.15) is 5.75 Å². The summed E-state index contributed by atoms with van der Waals surface area (Å²) in [6, 6.07) is 11.8. The lowest BCUT2D eigenvalue weighted by Crippen LogP contribution is -2.44. The molecule has 0 aromatic heterocycles. The van der Waals surface area contributed by atoms with E-state index in [-0.39, 0.29) is 32.1 Å². The van der Waals surface area contributed by atoms with E-state index in [0.29, 0.717) is 29.5 Å². The number of nitrogens with zero attached hydrogens (tertiary/aromatic N) is 2. The fourth-order valence-electron chi connectivity index (χ4n) is 4.59. The maximum absolute atomic E-state index is 13.7. The molecule has 2 unspecified atom stereocenters. The van der Waals surface area contributed by atoms with E-state index in [2.05, 4.69) is 30.8 Å². The van der Waals surface area contributed by atoms with E-state index >= 15 is 0 Å². The third-order valence-corrected chi connectivity index (χ3v) is 7.43. The van der Waals surface area contributed by atoms with Gasteiger partial charge in [-0.2, -0.15) is 0 Å². The number of rotatable bonds is 12. The highest BCUT2D eigenvalue weighted by Gasteiger charge is 2.47. The molecule has 11 heteroatoms. The number of nitrogens with one attached hydrogen (secondary N) is 1. The predicted molar refractivity (Wildman–Crippen MR) is 144 cm³/mol. The Hall–Kier alpha value is -3.76. The molecular formula is C29H36F3N3O5. The maximum Gasteiger partial charge on any atom is 0.573 e. The van der Waals surface area contributed by atoms with Crippen LogP contribution in [0.2, 0.25) is 0 Å². The summed E-state index contributed by atoms with van der Waals surface area (Å²) < 4.78 is 42.5. The molecule has 40 heavy (non-hydrogen) atoms. The van der Waals surface area contributed by atoms with Gasteiger partial charge in [0.25, 0.3) is 5.91 Å². The van der Waals surface area contributed by atoms with Gasteiger partial charge in [0, 0.05) is 30.4 Å². The number of amides is 3. The van der Waals surface area contributed by atoms with Crippen LogP contribution in [-0.4, -0.2) is 52.9 Å². The fraction of sp³-hybridized carbons (Fsp3) is 0.483. The number of anilines is 1. The smallest absolute Gasteiger partial charge is 0.481 e. The summed E-state index contributed by atoms with van der Waals surface area (Å²) in [4.78, 5) is 39.9. The Morgan fingerprint density at radius 3 is 2.40 bits per heavy atom. The van der Waals surface area contributed by atoms with E-state index in [1.807, 2.05) is 6.92 Å². The van der Waals surface area contributed by atoms with Crippen LogP contribution in [0, 0.1) is 11.8 Å². The first kappa shape index (κ1) is 30.8. The molecule has 1 aliphatic rings. The molecule has 1 aliphatic heterocycles. The summed E-state index contributed by atoms with van der Waals surface area (Å²) in [5.41, 5.74) is 0.840. The monoisotopic (exact) mass is 563 g/mol. The largest absolute Gasteiger partial charge is 0.573 e. The Kier molecular flexibility index (Phi) is 9.70. The molecule has 2 aromatic carbocycles. The first-order valence-electron chi connectivity index (χ1n) is 13.2. The number of hydrogen-bond acceptors (Lipinski definition) is 4. The van der Waals surface area contributed by atoms with E-state index in [1.165, 1.54) is 23.1 Å². The molecule has 0 aliphatic carbocycles. The number of carboxylic acid groups (broad SMARTS) is 1. The van der Waals surface area contributed by atoms with E-state index in [1.54, 1.807) is 35.2 Å². The van der Waals surface area contributed by atoms with Crippen molar-refractivity contribution in [2.75, 3.05) is 18.0 Å². The quantitative estimate of drug-likeness (QED) is 0.327. The van der Waals surface area contributed by atoms with E-state index < -0.39 is 29.5 Å². The Labute approximate surface area is 232 Å². The van der Waals surface area contributed by atoms with Crippen molar-refractivity contribution in [3.63, 3.8) is 0 Å². The van der Waals surface area contributed by atoms with Gasteiger partial charge in [-0.15, -0.1) is 13.2 Å². The Morgan fingerprint density at radius 2 is 1.80 bits per heavy atom. The Balaban J connectivity index is 1.83. The Bertz CT molecular complexity index is 1200. The average molecular weight is 564 g/mol. The van der Waals surface area contributed by atoms with Crippen molar-refractivity contribution in [3.8, 4) is 5.75 Å². The normalized spacial score (nSPS) is 18.2. The van der Waals surface area contributed by atoms with Gasteiger partial charge in [0.15, 0.2) is 0 Å². The minimum absolute atomic E-state index is 0.0103. The SMILES string of the molecule is CC(C)C(C)CCC1(C)CN(c2cccc(OC(F)(F)F)c2)C(=O)N1Cc1ccc(C(=O)NCCC(=O)O)cc1. The molecule has 3 rings (SSSR count). The van der Waals surface area contributed by atoms with Crippen LogP contribution in [0.1, 0.15) is 62.9 Å². The summed E-state index contributed by atoms with van der Waals surface area (Å²) >= 11 is 0. The molecule has 1 saturated heterocycles. The fourth-order valence-corrected chi connectivity index (χ4v) is 4.59. The molecule has 2 atom stereocenters. The summed E-state index contributed by atoms with van der Waals surface area (Å²) in [5, 5.41) is 11.3. The van der Waals surface area contributed by atoms with Gasteiger partial charge in [-0.3, -0.25) is 14.5 Å². The number of aliphatic carboxylic acids is 1. The second kappa shape index (κ2) is 12.6. The minimum atomic E-state index is -4.85. The number of ether oxygens (including phenoxy) is 1. The summed E-state index contributed by atoms with van der Waals surface area (Å²) in [5.74, 6) is -0.945. The number of benzene rings is 2. The first-order chi connectivity index (χ1) is 18.7. The molecule has 1 fully saturated rings. The zero-order chi connectivity index (χ0) is 29.7. The number of alkyl halides is 3. The van der Waals surface area contributed by atoms with Crippen LogP contribution in [0.5, 0.6) is 5.75 Å². The van der Waals surface area contributed by atoms with Gasteiger partial charge >= 0.3 is 18.4 Å². The molecule has 218 valence electrons. The van der Waals surface area contributed by atoms with Gasteiger partial charge in [0.05, 0.1) is 18.5 Å². The first-order valence-corrected chi connectivity index (χ1v) is 13.2. The van der Waals surface area contributed by atoms with Crippen LogP contribution in [0.4, 0.5) is 23.7 Å². The molecule has 1 heterocycles. The van der Waals surface area contributed by atoms with Crippen molar-refractivity contribution in [1.29, 1.82) is 0 Å². The molecule has 0 bridgehead atoms. The number of hydrogen-bond donors (Lipinski definition) is 2. The zero-order valence-electron chi connectivity index (χ0n) is 23.1. The van der Waals surface area contributed by atoms with Gasteiger partial charge in [-0.1, -0.05) is 39.0 Å². The van der Waals surface area contributed by atoms with Crippen LogP contribution in [0.3, 0.4) is 0 Å².